The van der Waals surface area contributed by atoms with Crippen LogP contribution in [0.4, 0.5) is 0 Å². The molecule has 50 heavy (non-hydrogen) atoms. The predicted molar refractivity (Wildman–Crippen MR) is 185 cm³/mol. The summed E-state index contributed by atoms with van der Waals surface area (Å²) >= 11 is 0. The van der Waals surface area contributed by atoms with Gasteiger partial charge < -0.3 is 64.6 Å². The quantitative estimate of drug-likeness (QED) is 0.214. The normalized spacial score (nSPS) is 51.0. The molecule has 18 atom stereocenters. The van der Waals surface area contributed by atoms with E-state index in [2.05, 4.69) is 0 Å². The van der Waals surface area contributed by atoms with Gasteiger partial charge in [0.2, 0.25) is 0 Å². The highest BCUT2D eigenvalue weighted by atomic mass is 16.7. The van der Waals surface area contributed by atoms with Crippen LogP contribution in [0, 0.1) is 17.8 Å². The van der Waals surface area contributed by atoms with Gasteiger partial charge in [-0.25, -0.2) is 0 Å². The summed E-state index contributed by atoms with van der Waals surface area (Å²) in [5, 5.41) is 57.4. The van der Waals surface area contributed by atoms with Crippen LogP contribution in [0.1, 0.15) is 94.9 Å². The molecule has 3 fully saturated rings. The lowest BCUT2D eigenvalue weighted by Gasteiger charge is -2.48. The van der Waals surface area contributed by atoms with E-state index in [0.29, 0.717) is 13.0 Å². The van der Waals surface area contributed by atoms with E-state index in [4.69, 9.17) is 34.2 Å². The van der Waals surface area contributed by atoms with Gasteiger partial charge in [0.25, 0.3) is 0 Å². The second-order valence-corrected chi connectivity index (χ2v) is 16.3. The van der Waals surface area contributed by atoms with Crippen molar-refractivity contribution in [2.24, 2.45) is 23.5 Å². The monoisotopic (exact) mass is 720 g/mol. The van der Waals surface area contributed by atoms with Gasteiger partial charge in [-0.2, -0.15) is 0 Å². The molecule has 0 radical (unpaired) electrons. The molecule has 14 heteroatoms. The van der Waals surface area contributed by atoms with E-state index in [1.165, 1.54) is 14.0 Å². The van der Waals surface area contributed by atoms with Crippen LogP contribution in [0.15, 0.2) is 0 Å². The minimum absolute atomic E-state index is 0.123. The zero-order valence-corrected chi connectivity index (χ0v) is 32.3. The highest BCUT2D eigenvalue weighted by molar-refractivity contribution is 5.73. The number of likely N-dealkylation sites (N-methyl/N-ethyl adjacent to an activating group) is 1. The Hall–Kier alpha value is -1.01. The lowest BCUT2D eigenvalue weighted by atomic mass is 9.77. The van der Waals surface area contributed by atoms with Gasteiger partial charge in [0.1, 0.15) is 30.0 Å². The summed E-state index contributed by atoms with van der Waals surface area (Å²) in [6.07, 6.45) is -8.74. The number of esters is 1. The number of hydrogen-bond donors (Lipinski definition) is 6. The molecule has 14 nitrogen and oxygen atoms in total. The summed E-state index contributed by atoms with van der Waals surface area (Å²) in [5.74, 6) is -2.64. The SMILES string of the molecule is CCC1OC(=O)[C@H](C)[C@@H](O[C@H]2C[C@@](C)(OC)[C@@H](O)[C@H](C)O2)[C@H](C)C(O[C@@H]2O[C@H](C)C[C@H](N)[C@H]2O)[C@](C)(O)C[C@@H](C)CN(C)[C@H](C)[C@@H](O)[C@]1(C)O. The highest BCUT2D eigenvalue weighted by Crippen LogP contribution is 2.40. The number of cyclic esters (lactones) is 1. The average molecular weight is 721 g/mol. The van der Waals surface area contributed by atoms with E-state index in [9.17, 15) is 30.3 Å². The number of nitrogens with two attached hydrogens (primary N) is 1. The third-order valence-corrected chi connectivity index (χ3v) is 11.6. The van der Waals surface area contributed by atoms with E-state index >= 15 is 0 Å². The first-order chi connectivity index (χ1) is 23.0. The third-order valence-electron chi connectivity index (χ3n) is 11.6. The van der Waals surface area contributed by atoms with Crippen molar-refractivity contribution >= 4 is 5.97 Å². The van der Waals surface area contributed by atoms with Crippen molar-refractivity contribution in [1.29, 1.82) is 0 Å². The summed E-state index contributed by atoms with van der Waals surface area (Å²) in [6, 6.07) is -1.17. The number of carbonyl (C=O) groups is 1. The maximum absolute atomic E-state index is 14.1. The molecule has 294 valence electrons. The third kappa shape index (κ3) is 9.55. The van der Waals surface area contributed by atoms with Gasteiger partial charge in [0, 0.05) is 38.1 Å². The average Bonchev–Trinajstić information content (AvgIpc) is 3.03. The number of carbonyl (C=O) groups excluding carboxylic acids is 1. The zero-order chi connectivity index (χ0) is 38.1. The van der Waals surface area contributed by atoms with Crippen molar-refractivity contribution in [3.8, 4) is 0 Å². The molecule has 3 rings (SSSR count). The molecular weight excluding hydrogens is 652 g/mol. The van der Waals surface area contributed by atoms with Crippen LogP contribution in [0.25, 0.3) is 0 Å². The van der Waals surface area contributed by atoms with Crippen LogP contribution in [-0.4, -0.2) is 147 Å². The maximum atomic E-state index is 14.1. The van der Waals surface area contributed by atoms with E-state index in [-0.39, 0.29) is 31.3 Å². The van der Waals surface area contributed by atoms with Gasteiger partial charge in [-0.3, -0.25) is 4.79 Å². The van der Waals surface area contributed by atoms with Gasteiger partial charge in [-0.15, -0.1) is 0 Å². The molecule has 0 aromatic heterocycles. The Labute approximate surface area is 298 Å². The predicted octanol–water partition coefficient (Wildman–Crippen LogP) is 1.30. The van der Waals surface area contributed by atoms with Crippen molar-refractivity contribution < 1.29 is 58.7 Å². The highest BCUT2D eigenvalue weighted by Gasteiger charge is 2.52. The second kappa shape index (κ2) is 17.0. The van der Waals surface area contributed by atoms with E-state index < -0.39 is 102 Å². The lowest BCUT2D eigenvalue weighted by Crippen LogP contribution is -2.60. The Morgan fingerprint density at radius 2 is 1.58 bits per heavy atom. The Morgan fingerprint density at radius 1 is 0.960 bits per heavy atom. The molecule has 3 heterocycles. The van der Waals surface area contributed by atoms with Crippen LogP contribution in [0.3, 0.4) is 0 Å². The van der Waals surface area contributed by atoms with Gasteiger partial charge in [0.05, 0.1) is 41.5 Å². The standard InChI is InChI=1S/C36H68N2O12/c1-13-25-36(10,44)29(40)22(6)38(11)17-18(2)15-34(8,43)31(50-33-27(39)24(37)14-19(3)46-33)20(4)28(21(5)32(42)48-25)49-26-16-35(9,45-12)30(41)23(7)47-26/h18-31,33,39-41,43-44H,13-17,37H2,1-12H3/t18-,19-,20+,21-,22-,23+,24+,25?,26+,27-,28+,29-,30+,31?,33+,34-,35-,36-/m1/s1. The molecule has 3 aliphatic rings. The van der Waals surface area contributed by atoms with Crippen molar-refractivity contribution in [2.75, 3.05) is 20.7 Å². The van der Waals surface area contributed by atoms with Gasteiger partial charge in [0.15, 0.2) is 12.6 Å². The fourth-order valence-electron chi connectivity index (χ4n) is 8.28. The van der Waals surface area contributed by atoms with E-state index in [0.717, 1.165) is 0 Å². The zero-order valence-electron chi connectivity index (χ0n) is 32.3. The number of methoxy groups -OCH3 is 1. The van der Waals surface area contributed by atoms with Crippen LogP contribution in [-0.2, 0) is 33.2 Å². The first kappa shape index (κ1) is 43.4. The minimum atomic E-state index is -1.80. The molecule has 0 spiro atoms. The molecule has 0 aliphatic carbocycles. The topological polar surface area (TPSA) is 203 Å². The molecular formula is C36H68N2O12. The van der Waals surface area contributed by atoms with Crippen LogP contribution >= 0.6 is 0 Å². The maximum Gasteiger partial charge on any atom is 0.311 e. The van der Waals surface area contributed by atoms with E-state index in [1.807, 2.05) is 25.8 Å². The largest absolute Gasteiger partial charge is 0.459 e. The molecule has 2 unspecified atom stereocenters. The summed E-state index contributed by atoms with van der Waals surface area (Å²) in [4.78, 5) is 16.0. The van der Waals surface area contributed by atoms with Crippen molar-refractivity contribution in [1.82, 2.24) is 4.90 Å². The second-order valence-electron chi connectivity index (χ2n) is 16.3. The molecule has 0 amide bonds. The first-order valence-corrected chi connectivity index (χ1v) is 18.3. The van der Waals surface area contributed by atoms with Crippen LogP contribution in [0.5, 0.6) is 0 Å². The fourth-order valence-corrected chi connectivity index (χ4v) is 8.28. The molecule has 3 aliphatic heterocycles. The number of aliphatic hydroxyl groups is 5. The molecule has 0 saturated carbocycles. The summed E-state index contributed by atoms with van der Waals surface area (Å²) in [6.45, 7) is 17.8. The number of aliphatic hydroxyl groups excluding tert-OH is 3. The van der Waals surface area contributed by atoms with Gasteiger partial charge >= 0.3 is 5.97 Å². The molecule has 3 saturated heterocycles. The van der Waals surface area contributed by atoms with Crippen molar-refractivity contribution in [2.45, 2.75) is 185 Å². The van der Waals surface area contributed by atoms with Crippen molar-refractivity contribution in [3.05, 3.63) is 0 Å². The van der Waals surface area contributed by atoms with E-state index in [1.54, 1.807) is 48.5 Å². The Balaban J connectivity index is 2.16. The lowest BCUT2D eigenvalue weighted by molar-refractivity contribution is -0.315. The van der Waals surface area contributed by atoms with Gasteiger partial charge in [-0.05, 0) is 80.7 Å². The Kier molecular flexibility index (Phi) is 14.7. The minimum Gasteiger partial charge on any atom is -0.459 e. The Bertz CT molecular complexity index is 1100. The summed E-state index contributed by atoms with van der Waals surface area (Å²) in [7, 11) is 3.32. The number of nitrogens with zero attached hydrogens (tertiary/aromatic N) is 1. The Morgan fingerprint density at radius 3 is 2.16 bits per heavy atom. The number of hydrogen-bond acceptors (Lipinski definition) is 14. The number of rotatable bonds is 6. The van der Waals surface area contributed by atoms with Crippen LogP contribution in [0.2, 0.25) is 0 Å². The molecule has 0 aromatic carbocycles. The van der Waals surface area contributed by atoms with Gasteiger partial charge in [-0.1, -0.05) is 20.8 Å². The summed E-state index contributed by atoms with van der Waals surface area (Å²) < 4.78 is 37.0. The molecule has 0 bridgehead atoms. The van der Waals surface area contributed by atoms with Crippen LogP contribution < -0.4 is 5.73 Å². The number of ether oxygens (including phenoxy) is 6. The fraction of sp³-hybridized carbons (Fsp3) is 0.972. The summed E-state index contributed by atoms with van der Waals surface area (Å²) in [5.41, 5.74) is 1.86. The smallest absolute Gasteiger partial charge is 0.311 e. The first-order valence-electron chi connectivity index (χ1n) is 18.3. The molecule has 0 aromatic rings. The molecule has 7 N–H and O–H groups in total. The van der Waals surface area contributed by atoms with Crippen molar-refractivity contribution in [3.63, 3.8) is 0 Å².